The maximum Gasteiger partial charge on any atom is 0.407 e. The summed E-state index contributed by atoms with van der Waals surface area (Å²) in [6.45, 7) is 14.1. The molecule has 4 heterocycles. The van der Waals surface area contributed by atoms with Crippen molar-refractivity contribution in [3.63, 3.8) is 0 Å². The number of benzene rings is 1. The highest BCUT2D eigenvalue weighted by Crippen LogP contribution is 2.47. The minimum Gasteiger partial charge on any atom is -0.453 e. The molecule has 2 aliphatic heterocycles. The maximum atomic E-state index is 13.8. The molecule has 8 unspecified atom stereocenters. The molecule has 3 aromatic rings. The molecule has 20 heteroatoms. The van der Waals surface area contributed by atoms with Crippen molar-refractivity contribution in [2.75, 3.05) is 51.7 Å². The Morgan fingerprint density at radius 1 is 0.824 bits per heavy atom. The first kappa shape index (κ1) is 53.8. The Balaban J connectivity index is 1.29. The number of methoxy groups -OCH3 is 4. The fourth-order valence-electron chi connectivity index (χ4n) is 8.77. The molecular weight excluding hydrogens is 913 g/mol. The van der Waals surface area contributed by atoms with Crippen LogP contribution in [0.15, 0.2) is 35.0 Å². The summed E-state index contributed by atoms with van der Waals surface area (Å²) in [6.07, 6.45) is 2.01. The molecule has 0 saturated carbocycles. The standard InChI is InChI=1S/C48H70N8O10S2/c1-12-24-54(43(59)40(29(3)63-8)51-46(61)65-10)28(2)42(58)53-45-50-34(27-68-45)36-23-22-35(56(36)32-20-18-31(19-21-32)48(5,6)7)33-26-67-39(49-33)17-13-16-38(57)37-15-14-25-55(37)44(60)41(30(4)64-9)52-47(62)66-11/h18-21,26-30,35-37,40-41H,12-17,22-25H2,1-11H3,(H,51,61)(H,52,62)(H,50,53,58). The largest absolute Gasteiger partial charge is 0.453 e. The third kappa shape index (κ3) is 13.1. The summed E-state index contributed by atoms with van der Waals surface area (Å²) < 4.78 is 20.2. The van der Waals surface area contributed by atoms with Gasteiger partial charge in [-0.1, -0.05) is 39.8 Å². The molecule has 0 radical (unpaired) electrons. The first-order valence-electron chi connectivity index (χ1n) is 23.3. The highest BCUT2D eigenvalue weighted by Gasteiger charge is 2.41. The summed E-state index contributed by atoms with van der Waals surface area (Å²) in [4.78, 5) is 94.5. The lowest BCUT2D eigenvalue weighted by molar-refractivity contribution is -0.142. The first-order valence-corrected chi connectivity index (χ1v) is 25.1. The topological polar surface area (TPSA) is 211 Å². The van der Waals surface area contributed by atoms with E-state index < -0.39 is 60.4 Å². The normalized spacial score (nSPS) is 19.4. The zero-order valence-electron chi connectivity index (χ0n) is 41.3. The van der Waals surface area contributed by atoms with E-state index in [9.17, 15) is 28.8 Å². The number of aryl methyl sites for hydroxylation is 1. The minimum atomic E-state index is -1.08. The summed E-state index contributed by atoms with van der Waals surface area (Å²) in [5.41, 5.74) is 3.92. The summed E-state index contributed by atoms with van der Waals surface area (Å²) in [5.74, 6) is -1.28. The third-order valence-corrected chi connectivity index (χ3v) is 14.6. The van der Waals surface area contributed by atoms with Crippen molar-refractivity contribution in [1.29, 1.82) is 0 Å². The van der Waals surface area contributed by atoms with Gasteiger partial charge in [0, 0.05) is 50.2 Å². The average molecular weight is 983 g/mol. The van der Waals surface area contributed by atoms with E-state index in [1.54, 1.807) is 37.0 Å². The van der Waals surface area contributed by atoms with Crippen LogP contribution in [-0.2, 0) is 50.0 Å². The lowest BCUT2D eigenvalue weighted by Crippen LogP contribution is -2.57. The van der Waals surface area contributed by atoms with Crippen LogP contribution in [0.25, 0.3) is 0 Å². The van der Waals surface area contributed by atoms with Gasteiger partial charge in [-0.25, -0.2) is 19.6 Å². The van der Waals surface area contributed by atoms with E-state index in [0.717, 1.165) is 34.9 Å². The number of alkyl carbamates (subject to hydrolysis) is 2. The van der Waals surface area contributed by atoms with Crippen LogP contribution in [0.4, 0.5) is 20.4 Å². The van der Waals surface area contributed by atoms with Crippen LogP contribution in [0, 0.1) is 0 Å². The number of Topliss-reactive ketones (excluding diaryl/α,β-unsaturated/α-hetero) is 1. The Labute approximate surface area is 408 Å². The number of aromatic nitrogens is 2. The molecule has 18 nitrogen and oxygen atoms in total. The predicted molar refractivity (Wildman–Crippen MR) is 261 cm³/mol. The highest BCUT2D eigenvalue weighted by molar-refractivity contribution is 7.14. The van der Waals surface area contributed by atoms with Crippen molar-refractivity contribution in [2.24, 2.45) is 0 Å². The average Bonchev–Trinajstić information content (AvgIpc) is 4.18. The van der Waals surface area contributed by atoms with E-state index in [1.807, 2.05) is 12.3 Å². The number of carbonyl (C=O) groups excluding carboxylic acids is 6. The molecule has 2 aliphatic rings. The number of amides is 5. The fourth-order valence-corrected chi connectivity index (χ4v) is 10.4. The lowest BCUT2D eigenvalue weighted by atomic mass is 9.87. The highest BCUT2D eigenvalue weighted by atomic mass is 32.1. The van der Waals surface area contributed by atoms with Gasteiger partial charge in [-0.05, 0) is 88.8 Å². The Morgan fingerprint density at radius 2 is 1.41 bits per heavy atom. The number of ketones is 1. The Morgan fingerprint density at radius 3 is 2.00 bits per heavy atom. The number of hydrogen-bond acceptors (Lipinski definition) is 15. The van der Waals surface area contributed by atoms with Crippen molar-refractivity contribution >= 4 is 69.2 Å². The molecule has 8 atom stereocenters. The van der Waals surface area contributed by atoms with Crippen LogP contribution in [-0.4, -0.2) is 133 Å². The third-order valence-electron chi connectivity index (χ3n) is 12.9. The van der Waals surface area contributed by atoms with Crippen molar-refractivity contribution in [1.82, 2.24) is 30.4 Å². The van der Waals surface area contributed by atoms with E-state index >= 15 is 0 Å². The van der Waals surface area contributed by atoms with Gasteiger partial charge in [0.1, 0.15) is 18.1 Å². The summed E-state index contributed by atoms with van der Waals surface area (Å²) >= 11 is 2.89. The van der Waals surface area contributed by atoms with E-state index in [1.165, 1.54) is 50.2 Å². The Hall–Kier alpha value is -5.18. The molecule has 2 saturated heterocycles. The number of anilines is 2. The van der Waals surface area contributed by atoms with Gasteiger partial charge >= 0.3 is 12.2 Å². The molecule has 1 aromatic carbocycles. The van der Waals surface area contributed by atoms with Crippen molar-refractivity contribution in [3.05, 3.63) is 57.0 Å². The van der Waals surface area contributed by atoms with Crippen molar-refractivity contribution < 1.29 is 47.7 Å². The summed E-state index contributed by atoms with van der Waals surface area (Å²) in [6, 6.07) is 4.88. The molecule has 0 spiro atoms. The van der Waals surface area contributed by atoms with Crippen LogP contribution in [0.3, 0.4) is 0 Å². The number of hydrogen-bond donors (Lipinski definition) is 3. The predicted octanol–water partition coefficient (Wildman–Crippen LogP) is 6.95. The smallest absolute Gasteiger partial charge is 0.407 e. The molecule has 0 aliphatic carbocycles. The quantitative estimate of drug-likeness (QED) is 0.0988. The SMILES string of the molecule is CCCN(C(=O)C(NC(=O)OC)C(C)OC)C(C)C(=O)Nc1nc(C2CCC(c3csc(CCCC(=O)C4CCCN4C(=O)C(NC(=O)OC)C(C)OC)n3)N2c2ccc(C(C)(C)C)cc2)cs1. The number of ether oxygens (including phenoxy) is 4. The Kier molecular flexibility index (Phi) is 19.3. The van der Waals surface area contributed by atoms with E-state index in [4.69, 9.17) is 28.9 Å². The van der Waals surface area contributed by atoms with E-state index in [-0.39, 0.29) is 42.2 Å². The van der Waals surface area contributed by atoms with Gasteiger partial charge < -0.3 is 49.6 Å². The van der Waals surface area contributed by atoms with Gasteiger partial charge in [0.25, 0.3) is 0 Å². The van der Waals surface area contributed by atoms with Gasteiger partial charge in [-0.15, -0.1) is 22.7 Å². The van der Waals surface area contributed by atoms with E-state index in [2.05, 4.69) is 71.3 Å². The summed E-state index contributed by atoms with van der Waals surface area (Å²) in [5, 5.41) is 13.4. The number of carbonyl (C=O) groups is 6. The zero-order valence-corrected chi connectivity index (χ0v) is 42.9. The second-order valence-corrected chi connectivity index (χ2v) is 20.2. The lowest BCUT2D eigenvalue weighted by Gasteiger charge is -2.33. The second-order valence-electron chi connectivity index (χ2n) is 18.4. The van der Waals surface area contributed by atoms with Crippen LogP contribution in [0.5, 0.6) is 0 Å². The molecule has 2 aromatic heterocycles. The van der Waals surface area contributed by atoms with Crippen molar-refractivity contribution in [3.8, 4) is 0 Å². The van der Waals surface area contributed by atoms with Crippen LogP contribution in [0.1, 0.15) is 127 Å². The molecule has 374 valence electrons. The van der Waals surface area contributed by atoms with Gasteiger partial charge in [0.05, 0.1) is 60.9 Å². The Bertz CT molecular complexity index is 2200. The number of likely N-dealkylation sites (tertiary alicyclic amines) is 1. The van der Waals surface area contributed by atoms with Crippen LogP contribution >= 0.6 is 22.7 Å². The molecule has 5 amide bonds. The van der Waals surface area contributed by atoms with Gasteiger partial charge in [-0.2, -0.15) is 0 Å². The monoisotopic (exact) mass is 982 g/mol. The number of nitrogens with zero attached hydrogens (tertiary/aromatic N) is 5. The maximum absolute atomic E-state index is 13.8. The molecule has 2 fully saturated rings. The van der Waals surface area contributed by atoms with Gasteiger partial charge in [-0.3, -0.25) is 19.2 Å². The van der Waals surface area contributed by atoms with Crippen molar-refractivity contribution in [2.45, 2.75) is 154 Å². The molecular formula is C48H70N8O10S2. The van der Waals surface area contributed by atoms with E-state index in [0.29, 0.717) is 43.8 Å². The molecule has 0 bridgehead atoms. The van der Waals surface area contributed by atoms with Crippen LogP contribution in [0.2, 0.25) is 0 Å². The fraction of sp³-hybridized carbons (Fsp3) is 0.625. The molecule has 68 heavy (non-hydrogen) atoms. The van der Waals surface area contributed by atoms with Gasteiger partial charge in [0.2, 0.25) is 17.7 Å². The number of thiazole rings is 2. The first-order chi connectivity index (χ1) is 32.4. The second kappa shape index (κ2) is 24.4. The summed E-state index contributed by atoms with van der Waals surface area (Å²) in [7, 11) is 5.34. The van der Waals surface area contributed by atoms with Gasteiger partial charge in [0.15, 0.2) is 10.9 Å². The number of rotatable bonds is 21. The zero-order chi connectivity index (χ0) is 49.9. The molecule has 5 rings (SSSR count). The van der Waals surface area contributed by atoms with Crippen LogP contribution < -0.4 is 20.9 Å². The molecule has 3 N–H and O–H groups in total. The minimum absolute atomic E-state index is 0.0172. The number of nitrogens with one attached hydrogen (secondary N) is 3.